The molecule has 2 N–H and O–H groups in total. The third-order valence-corrected chi connectivity index (χ3v) is 2.97. The van der Waals surface area contributed by atoms with Crippen LogP contribution in [0.1, 0.15) is 25.3 Å². The number of oxime groups is 1. The van der Waals surface area contributed by atoms with Crippen LogP contribution in [0.15, 0.2) is 29.4 Å². The summed E-state index contributed by atoms with van der Waals surface area (Å²) in [4.78, 5) is 27.4. The number of hydrogen-bond acceptors (Lipinski definition) is 4. The molecule has 6 heteroatoms. The van der Waals surface area contributed by atoms with Crippen molar-refractivity contribution in [1.29, 1.82) is 0 Å². The van der Waals surface area contributed by atoms with Crippen molar-refractivity contribution in [1.82, 2.24) is 0 Å². The fourth-order valence-corrected chi connectivity index (χ4v) is 1.91. The number of carboxylic acids is 1. The number of amides is 1. The van der Waals surface area contributed by atoms with Crippen LogP contribution < -0.4 is 5.32 Å². The van der Waals surface area contributed by atoms with Gasteiger partial charge in [-0.3, -0.25) is 4.79 Å². The SMILES string of the molecule is CCCc1ccc(NC(=O)C2CC(C(=O)O)=NO2)cc1. The molecule has 0 spiro atoms. The monoisotopic (exact) mass is 276 g/mol. The van der Waals surface area contributed by atoms with Gasteiger partial charge in [-0.2, -0.15) is 0 Å². The molecule has 20 heavy (non-hydrogen) atoms. The van der Waals surface area contributed by atoms with E-state index < -0.39 is 18.0 Å². The summed E-state index contributed by atoms with van der Waals surface area (Å²) in [5, 5.41) is 14.8. The number of nitrogens with zero attached hydrogens (tertiary/aromatic N) is 1. The van der Waals surface area contributed by atoms with Crippen molar-refractivity contribution in [3.05, 3.63) is 29.8 Å². The van der Waals surface area contributed by atoms with Crippen molar-refractivity contribution in [2.45, 2.75) is 32.3 Å². The van der Waals surface area contributed by atoms with Crippen molar-refractivity contribution in [3.63, 3.8) is 0 Å². The average Bonchev–Trinajstić information content (AvgIpc) is 2.91. The molecule has 2 rings (SSSR count). The van der Waals surface area contributed by atoms with E-state index in [-0.39, 0.29) is 12.1 Å². The number of benzene rings is 1. The minimum atomic E-state index is -1.16. The first-order valence-electron chi connectivity index (χ1n) is 6.46. The summed E-state index contributed by atoms with van der Waals surface area (Å²) >= 11 is 0. The zero-order valence-electron chi connectivity index (χ0n) is 11.1. The average molecular weight is 276 g/mol. The maximum Gasteiger partial charge on any atom is 0.353 e. The predicted octanol–water partition coefficient (Wildman–Crippen LogP) is 1.81. The van der Waals surface area contributed by atoms with Gasteiger partial charge in [-0.1, -0.05) is 30.6 Å². The van der Waals surface area contributed by atoms with E-state index in [1.165, 1.54) is 5.56 Å². The molecule has 1 aliphatic rings. The van der Waals surface area contributed by atoms with Gasteiger partial charge in [0.25, 0.3) is 5.91 Å². The van der Waals surface area contributed by atoms with Crippen molar-refractivity contribution >= 4 is 23.3 Å². The Morgan fingerprint density at radius 2 is 2.10 bits per heavy atom. The molecule has 1 amide bonds. The summed E-state index contributed by atoms with van der Waals surface area (Å²) in [5.74, 6) is -1.56. The second-order valence-corrected chi connectivity index (χ2v) is 4.58. The van der Waals surface area contributed by atoms with Crippen molar-refractivity contribution in [2.24, 2.45) is 5.16 Å². The molecule has 1 unspecified atom stereocenters. The summed E-state index contributed by atoms with van der Waals surface area (Å²) in [7, 11) is 0. The first kappa shape index (κ1) is 14.0. The highest BCUT2D eigenvalue weighted by Gasteiger charge is 2.31. The lowest BCUT2D eigenvalue weighted by Crippen LogP contribution is -2.28. The summed E-state index contributed by atoms with van der Waals surface area (Å²) < 4.78 is 0. The minimum Gasteiger partial charge on any atom is -0.477 e. The third-order valence-electron chi connectivity index (χ3n) is 2.97. The number of carbonyl (C=O) groups is 2. The quantitative estimate of drug-likeness (QED) is 0.858. The van der Waals surface area contributed by atoms with Gasteiger partial charge < -0.3 is 15.3 Å². The molecule has 1 atom stereocenters. The van der Waals surface area contributed by atoms with Crippen LogP contribution in [0.4, 0.5) is 5.69 Å². The van der Waals surface area contributed by atoms with Crippen LogP contribution in [0.3, 0.4) is 0 Å². The van der Waals surface area contributed by atoms with Crippen LogP contribution in [0.5, 0.6) is 0 Å². The van der Waals surface area contributed by atoms with Crippen LogP contribution in [0, 0.1) is 0 Å². The van der Waals surface area contributed by atoms with E-state index >= 15 is 0 Å². The Kier molecular flexibility index (Phi) is 4.34. The first-order valence-corrected chi connectivity index (χ1v) is 6.46. The maximum absolute atomic E-state index is 11.9. The lowest BCUT2D eigenvalue weighted by molar-refractivity contribution is -0.129. The zero-order chi connectivity index (χ0) is 14.5. The maximum atomic E-state index is 11.9. The van der Waals surface area contributed by atoms with Gasteiger partial charge in [-0.05, 0) is 24.1 Å². The number of hydrogen-bond donors (Lipinski definition) is 2. The molecule has 0 radical (unpaired) electrons. The number of carboxylic acid groups (broad SMARTS) is 1. The van der Waals surface area contributed by atoms with Gasteiger partial charge in [0.15, 0.2) is 5.71 Å². The summed E-state index contributed by atoms with van der Waals surface area (Å²) in [6.07, 6.45) is 1.17. The highest BCUT2D eigenvalue weighted by molar-refractivity contribution is 6.36. The number of nitrogens with one attached hydrogen (secondary N) is 1. The Morgan fingerprint density at radius 1 is 1.40 bits per heavy atom. The van der Waals surface area contributed by atoms with Crippen LogP contribution >= 0.6 is 0 Å². The molecule has 106 valence electrons. The standard InChI is InChI=1S/C14H16N2O4/c1-2-3-9-4-6-10(7-5-9)15-13(17)12-8-11(14(18)19)16-20-12/h4-7,12H,2-3,8H2,1H3,(H,15,17)(H,18,19). The molecular weight excluding hydrogens is 260 g/mol. The van der Waals surface area contributed by atoms with E-state index in [4.69, 9.17) is 9.94 Å². The molecule has 6 nitrogen and oxygen atoms in total. The highest BCUT2D eigenvalue weighted by Crippen LogP contribution is 2.15. The zero-order valence-corrected chi connectivity index (χ0v) is 11.1. The van der Waals surface area contributed by atoms with Gasteiger partial charge in [0.1, 0.15) is 0 Å². The van der Waals surface area contributed by atoms with E-state index in [1.54, 1.807) is 0 Å². The van der Waals surface area contributed by atoms with Crippen LogP contribution in [0.25, 0.3) is 0 Å². The molecule has 0 bridgehead atoms. The Hall–Kier alpha value is -2.37. The molecule has 1 aliphatic heterocycles. The molecule has 1 aromatic carbocycles. The minimum absolute atomic E-state index is 0.0188. The lowest BCUT2D eigenvalue weighted by atomic mass is 10.1. The molecule has 0 saturated carbocycles. The van der Waals surface area contributed by atoms with Gasteiger partial charge in [-0.15, -0.1) is 0 Å². The summed E-state index contributed by atoms with van der Waals surface area (Å²) in [5.41, 5.74) is 1.73. The molecule has 1 heterocycles. The van der Waals surface area contributed by atoms with Crippen molar-refractivity contribution in [2.75, 3.05) is 5.32 Å². The summed E-state index contributed by atoms with van der Waals surface area (Å²) in [6, 6.07) is 7.54. The molecule has 1 aromatic rings. The fourth-order valence-electron chi connectivity index (χ4n) is 1.91. The third kappa shape index (κ3) is 3.34. The van der Waals surface area contributed by atoms with E-state index in [0.717, 1.165) is 12.8 Å². The second kappa shape index (κ2) is 6.18. The molecule has 0 aliphatic carbocycles. The largest absolute Gasteiger partial charge is 0.477 e. The van der Waals surface area contributed by atoms with Gasteiger partial charge >= 0.3 is 5.97 Å². The molecule has 0 fully saturated rings. The first-order chi connectivity index (χ1) is 9.60. The Labute approximate surface area is 116 Å². The Morgan fingerprint density at radius 3 is 2.65 bits per heavy atom. The van der Waals surface area contributed by atoms with Crippen molar-refractivity contribution < 1.29 is 19.5 Å². The smallest absolute Gasteiger partial charge is 0.353 e. The van der Waals surface area contributed by atoms with Crippen LogP contribution in [-0.2, 0) is 20.8 Å². The van der Waals surface area contributed by atoms with Crippen molar-refractivity contribution in [3.8, 4) is 0 Å². The van der Waals surface area contributed by atoms with Gasteiger partial charge in [-0.25, -0.2) is 4.79 Å². The van der Waals surface area contributed by atoms with Crippen LogP contribution in [-0.4, -0.2) is 28.8 Å². The Bertz CT molecular complexity index is 537. The van der Waals surface area contributed by atoms with E-state index in [1.807, 2.05) is 24.3 Å². The van der Waals surface area contributed by atoms with E-state index in [0.29, 0.717) is 5.69 Å². The highest BCUT2D eigenvalue weighted by atomic mass is 16.6. The van der Waals surface area contributed by atoms with Gasteiger partial charge in [0.2, 0.25) is 6.10 Å². The number of carbonyl (C=O) groups excluding carboxylic acids is 1. The second-order valence-electron chi connectivity index (χ2n) is 4.58. The molecule has 0 aromatic heterocycles. The Balaban J connectivity index is 1.91. The van der Waals surface area contributed by atoms with Gasteiger partial charge in [0, 0.05) is 12.1 Å². The predicted molar refractivity (Wildman–Crippen MR) is 73.6 cm³/mol. The fraction of sp³-hybridized carbons (Fsp3) is 0.357. The van der Waals surface area contributed by atoms with E-state index in [9.17, 15) is 9.59 Å². The summed E-state index contributed by atoms with van der Waals surface area (Å²) in [6.45, 7) is 2.10. The molecule has 0 saturated heterocycles. The number of aliphatic carboxylic acids is 1. The van der Waals surface area contributed by atoms with Crippen LogP contribution in [0.2, 0.25) is 0 Å². The lowest BCUT2D eigenvalue weighted by Gasteiger charge is -2.09. The molecular formula is C14H16N2O4. The van der Waals surface area contributed by atoms with Gasteiger partial charge in [0.05, 0.1) is 0 Å². The van der Waals surface area contributed by atoms with E-state index in [2.05, 4.69) is 17.4 Å². The number of rotatable bonds is 5. The normalized spacial score (nSPS) is 17.2. The number of anilines is 1. The topological polar surface area (TPSA) is 88.0 Å². The number of aryl methyl sites for hydroxylation is 1.